The number of amides is 1. The molecule has 0 saturated heterocycles. The maximum atomic E-state index is 13.4. The molecule has 0 aliphatic rings. The zero-order valence-corrected chi connectivity index (χ0v) is 19.6. The Hall–Kier alpha value is -2.70. The van der Waals surface area contributed by atoms with E-state index in [0.717, 1.165) is 32.2 Å². The van der Waals surface area contributed by atoms with Crippen molar-refractivity contribution in [3.63, 3.8) is 0 Å². The number of aryl methyl sites for hydroxylation is 2. The molecule has 2 aromatic heterocycles. The molecule has 2 heterocycles. The molecule has 31 heavy (non-hydrogen) atoms. The number of thiazole rings is 1. The molecule has 158 valence electrons. The largest absolute Gasteiger partial charge is 0.283 e. The third-order valence-electron chi connectivity index (χ3n) is 5.02. The zero-order chi connectivity index (χ0) is 21.8. The maximum absolute atomic E-state index is 13.4. The molecule has 0 aliphatic heterocycles. The average Bonchev–Trinajstić information content (AvgIpc) is 3.18. The van der Waals surface area contributed by atoms with Crippen molar-refractivity contribution in [1.29, 1.82) is 0 Å². The number of carbonyl (C=O) groups is 1. The number of benzene rings is 2. The van der Waals surface area contributed by atoms with Gasteiger partial charge < -0.3 is 0 Å². The summed E-state index contributed by atoms with van der Waals surface area (Å²) in [6.45, 7) is 6.79. The standard InChI is InChI=1S/C25H25N3OS2/c1-4-30-21-7-5-19(6-8-21)15-23(29)28(16-20-9-11-26-12-10-20)25-27-22-14-17(2)13-18(3)24(22)31-25/h5-14H,4,15-16H2,1-3H3. The molecule has 0 N–H and O–H groups in total. The summed E-state index contributed by atoms with van der Waals surface area (Å²) in [6.07, 6.45) is 3.86. The summed E-state index contributed by atoms with van der Waals surface area (Å²) < 4.78 is 1.13. The first kappa shape index (κ1) is 21.5. The van der Waals surface area contributed by atoms with Crippen LogP contribution < -0.4 is 4.90 Å². The quantitative estimate of drug-likeness (QED) is 0.317. The first-order valence-corrected chi connectivity index (χ1v) is 12.1. The van der Waals surface area contributed by atoms with Gasteiger partial charge in [-0.05, 0) is 72.2 Å². The molecule has 0 radical (unpaired) electrons. The Labute approximate surface area is 191 Å². The number of nitrogens with zero attached hydrogens (tertiary/aromatic N) is 3. The molecule has 0 aliphatic carbocycles. The van der Waals surface area contributed by atoms with Crippen molar-refractivity contribution in [2.45, 2.75) is 38.6 Å². The Morgan fingerprint density at radius 3 is 2.48 bits per heavy atom. The van der Waals surface area contributed by atoms with E-state index in [9.17, 15) is 4.79 Å². The zero-order valence-electron chi connectivity index (χ0n) is 18.0. The van der Waals surface area contributed by atoms with E-state index in [0.29, 0.717) is 13.0 Å². The van der Waals surface area contributed by atoms with Crippen LogP contribution in [0.25, 0.3) is 10.2 Å². The summed E-state index contributed by atoms with van der Waals surface area (Å²) in [5.74, 6) is 1.08. The van der Waals surface area contributed by atoms with Crippen molar-refractivity contribution in [2.75, 3.05) is 10.7 Å². The van der Waals surface area contributed by atoms with Crippen LogP contribution in [0.5, 0.6) is 0 Å². The molecular weight excluding hydrogens is 422 g/mol. The number of pyridine rings is 1. The monoisotopic (exact) mass is 447 g/mol. The van der Waals surface area contributed by atoms with Crippen molar-refractivity contribution >= 4 is 44.4 Å². The fraction of sp³-hybridized carbons (Fsp3) is 0.240. The first-order valence-electron chi connectivity index (χ1n) is 10.3. The number of hydrogen-bond acceptors (Lipinski definition) is 5. The third-order valence-corrected chi connectivity index (χ3v) is 7.14. The number of rotatable bonds is 7. The van der Waals surface area contributed by atoms with Crippen molar-refractivity contribution in [3.05, 3.63) is 83.2 Å². The van der Waals surface area contributed by atoms with Gasteiger partial charge in [-0.25, -0.2) is 4.98 Å². The number of carbonyl (C=O) groups excluding carboxylic acids is 1. The van der Waals surface area contributed by atoms with Crippen LogP contribution in [0.15, 0.2) is 65.8 Å². The van der Waals surface area contributed by atoms with E-state index < -0.39 is 0 Å². The fourth-order valence-corrected chi connectivity index (χ4v) is 5.25. The van der Waals surface area contributed by atoms with Gasteiger partial charge in [0.15, 0.2) is 5.13 Å². The van der Waals surface area contributed by atoms with E-state index >= 15 is 0 Å². The number of fused-ring (bicyclic) bond motifs is 1. The van der Waals surface area contributed by atoms with Crippen molar-refractivity contribution in [2.24, 2.45) is 0 Å². The molecule has 0 atom stereocenters. The highest BCUT2D eigenvalue weighted by Crippen LogP contribution is 2.33. The molecule has 4 nitrogen and oxygen atoms in total. The van der Waals surface area contributed by atoms with Gasteiger partial charge in [-0.1, -0.05) is 36.5 Å². The Balaban J connectivity index is 1.65. The molecular formula is C25H25N3OS2. The van der Waals surface area contributed by atoms with Crippen LogP contribution in [0.2, 0.25) is 0 Å². The summed E-state index contributed by atoms with van der Waals surface area (Å²) in [6, 6.07) is 16.4. The highest BCUT2D eigenvalue weighted by atomic mass is 32.2. The van der Waals surface area contributed by atoms with Gasteiger partial charge in [-0.3, -0.25) is 14.7 Å². The minimum atomic E-state index is 0.0427. The van der Waals surface area contributed by atoms with E-state index in [1.165, 1.54) is 16.0 Å². The average molecular weight is 448 g/mol. The Morgan fingerprint density at radius 1 is 1.03 bits per heavy atom. The molecule has 0 spiro atoms. The summed E-state index contributed by atoms with van der Waals surface area (Å²) in [7, 11) is 0. The van der Waals surface area contributed by atoms with E-state index in [-0.39, 0.29) is 5.91 Å². The van der Waals surface area contributed by atoms with E-state index in [1.54, 1.807) is 35.5 Å². The maximum Gasteiger partial charge on any atom is 0.233 e. The Morgan fingerprint density at radius 2 is 1.77 bits per heavy atom. The van der Waals surface area contributed by atoms with Crippen LogP contribution in [0.1, 0.15) is 29.2 Å². The summed E-state index contributed by atoms with van der Waals surface area (Å²) in [5.41, 5.74) is 5.37. The second-order valence-corrected chi connectivity index (χ2v) is 9.83. The SMILES string of the molecule is CCSc1ccc(CC(=O)N(Cc2ccncc2)c2nc3cc(C)cc(C)c3s2)cc1. The molecule has 6 heteroatoms. The van der Waals surface area contributed by atoms with Gasteiger partial charge >= 0.3 is 0 Å². The van der Waals surface area contributed by atoms with Gasteiger partial charge in [0.05, 0.1) is 23.2 Å². The third kappa shape index (κ3) is 5.14. The van der Waals surface area contributed by atoms with E-state index in [2.05, 4.69) is 50.0 Å². The van der Waals surface area contributed by atoms with Gasteiger partial charge in [-0.2, -0.15) is 0 Å². The van der Waals surface area contributed by atoms with Gasteiger partial charge in [0.1, 0.15) is 0 Å². The summed E-state index contributed by atoms with van der Waals surface area (Å²) >= 11 is 3.39. The predicted molar refractivity (Wildman–Crippen MR) is 131 cm³/mol. The Bertz CT molecular complexity index is 1190. The second kappa shape index (κ2) is 9.62. The van der Waals surface area contributed by atoms with Crippen molar-refractivity contribution in [3.8, 4) is 0 Å². The van der Waals surface area contributed by atoms with Crippen molar-refractivity contribution in [1.82, 2.24) is 9.97 Å². The fourth-order valence-electron chi connectivity index (χ4n) is 3.55. The second-order valence-electron chi connectivity index (χ2n) is 7.52. The van der Waals surface area contributed by atoms with Gasteiger partial charge in [0.2, 0.25) is 5.91 Å². The number of thioether (sulfide) groups is 1. The lowest BCUT2D eigenvalue weighted by Gasteiger charge is -2.20. The highest BCUT2D eigenvalue weighted by molar-refractivity contribution is 7.99. The number of anilines is 1. The molecule has 1 amide bonds. The lowest BCUT2D eigenvalue weighted by atomic mass is 10.1. The van der Waals surface area contributed by atoms with Gasteiger partial charge in [0, 0.05) is 17.3 Å². The van der Waals surface area contributed by atoms with Crippen LogP contribution in [0, 0.1) is 13.8 Å². The minimum absolute atomic E-state index is 0.0427. The van der Waals surface area contributed by atoms with Crippen LogP contribution in [-0.4, -0.2) is 21.6 Å². The molecule has 0 fully saturated rings. The van der Waals surface area contributed by atoms with Crippen LogP contribution in [0.3, 0.4) is 0 Å². The summed E-state index contributed by atoms with van der Waals surface area (Å²) in [4.78, 5) is 25.4. The smallest absolute Gasteiger partial charge is 0.233 e. The van der Waals surface area contributed by atoms with Crippen LogP contribution in [-0.2, 0) is 17.8 Å². The minimum Gasteiger partial charge on any atom is -0.283 e. The molecule has 0 saturated carbocycles. The number of aromatic nitrogens is 2. The van der Waals surface area contributed by atoms with Crippen LogP contribution in [0.4, 0.5) is 5.13 Å². The predicted octanol–water partition coefficient (Wildman–Crippen LogP) is 6.20. The van der Waals surface area contributed by atoms with Crippen molar-refractivity contribution < 1.29 is 4.79 Å². The lowest BCUT2D eigenvalue weighted by molar-refractivity contribution is -0.118. The highest BCUT2D eigenvalue weighted by Gasteiger charge is 2.21. The molecule has 0 bridgehead atoms. The number of hydrogen-bond donors (Lipinski definition) is 0. The molecule has 0 unspecified atom stereocenters. The van der Waals surface area contributed by atoms with Gasteiger partial charge in [-0.15, -0.1) is 11.8 Å². The van der Waals surface area contributed by atoms with E-state index in [4.69, 9.17) is 4.98 Å². The lowest BCUT2D eigenvalue weighted by Crippen LogP contribution is -2.31. The molecule has 4 rings (SSSR count). The van der Waals surface area contributed by atoms with Crippen LogP contribution >= 0.6 is 23.1 Å². The summed E-state index contributed by atoms with van der Waals surface area (Å²) in [5, 5.41) is 0.740. The van der Waals surface area contributed by atoms with Gasteiger partial charge in [0.25, 0.3) is 0 Å². The normalized spacial score (nSPS) is 11.1. The van der Waals surface area contributed by atoms with E-state index in [1.807, 2.05) is 29.2 Å². The molecule has 2 aromatic carbocycles. The Kier molecular flexibility index (Phi) is 6.68. The first-order chi connectivity index (χ1) is 15.0. The topological polar surface area (TPSA) is 46.1 Å². The molecule has 4 aromatic rings.